The van der Waals surface area contributed by atoms with Crippen LogP contribution in [0.4, 0.5) is 10.5 Å². The Hall–Kier alpha value is -3.60. The van der Waals surface area contributed by atoms with Crippen molar-refractivity contribution in [1.82, 2.24) is 0 Å². The first-order valence-electron chi connectivity index (χ1n) is 8.18. The molecule has 0 fully saturated rings. The Labute approximate surface area is 152 Å². The number of benzene rings is 3. The highest BCUT2D eigenvalue weighted by molar-refractivity contribution is 5.93. The minimum absolute atomic E-state index is 0.448. The molecular weight excluding hydrogens is 326 g/mol. The van der Waals surface area contributed by atoms with Crippen LogP contribution >= 0.6 is 0 Å². The zero-order chi connectivity index (χ0) is 18.2. The summed E-state index contributed by atoms with van der Waals surface area (Å²) in [5, 5.41) is 5.38. The molecule has 0 saturated heterocycles. The molecule has 2 amide bonds. The molecule has 3 aromatic rings. The van der Waals surface area contributed by atoms with Crippen molar-refractivity contribution in [3.05, 3.63) is 96.1 Å². The lowest BCUT2D eigenvalue weighted by molar-refractivity contribution is 0.254. The maximum absolute atomic E-state index is 11.7. The standard InChI is InChI=1S/C21H19N3O2/c22-21(25)24(19-12-5-2-6-13-19)23-15-18-11-7-8-14-20(18)26-16-17-9-3-1-4-10-17/h1-15H,16H2,(H2,22,25). The van der Waals surface area contributed by atoms with E-state index in [4.69, 9.17) is 10.5 Å². The van der Waals surface area contributed by atoms with E-state index in [0.717, 1.165) is 16.1 Å². The molecule has 2 N–H and O–H groups in total. The number of rotatable bonds is 6. The van der Waals surface area contributed by atoms with Crippen LogP contribution in [0.1, 0.15) is 11.1 Å². The second kappa shape index (κ2) is 8.48. The van der Waals surface area contributed by atoms with E-state index in [1.807, 2.05) is 72.8 Å². The highest BCUT2D eigenvalue weighted by Gasteiger charge is 2.10. The molecule has 0 saturated carbocycles. The van der Waals surface area contributed by atoms with Crippen molar-refractivity contribution in [2.75, 3.05) is 5.01 Å². The Bertz CT molecular complexity index is 880. The van der Waals surface area contributed by atoms with Crippen molar-refractivity contribution >= 4 is 17.9 Å². The number of ether oxygens (including phenoxy) is 1. The minimum atomic E-state index is -0.657. The van der Waals surface area contributed by atoms with Gasteiger partial charge in [-0.25, -0.2) is 4.79 Å². The summed E-state index contributed by atoms with van der Waals surface area (Å²) in [4.78, 5) is 11.7. The van der Waals surface area contributed by atoms with Crippen molar-refractivity contribution < 1.29 is 9.53 Å². The highest BCUT2D eigenvalue weighted by atomic mass is 16.5. The monoisotopic (exact) mass is 345 g/mol. The molecule has 0 spiro atoms. The molecule has 3 rings (SSSR count). The first-order valence-corrected chi connectivity index (χ1v) is 8.18. The predicted octanol–water partition coefficient (Wildman–Crippen LogP) is 4.18. The number of nitrogens with two attached hydrogens (primary N) is 1. The zero-order valence-electron chi connectivity index (χ0n) is 14.2. The fourth-order valence-corrected chi connectivity index (χ4v) is 2.39. The predicted molar refractivity (Wildman–Crippen MR) is 103 cm³/mol. The largest absolute Gasteiger partial charge is 0.488 e. The Morgan fingerprint density at radius 3 is 2.23 bits per heavy atom. The number of hydrogen-bond acceptors (Lipinski definition) is 3. The molecule has 0 atom stereocenters. The number of amides is 2. The molecule has 0 heterocycles. The Kier molecular flexibility index (Phi) is 5.62. The molecule has 0 aromatic heterocycles. The molecule has 0 radical (unpaired) electrons. The molecule has 5 heteroatoms. The van der Waals surface area contributed by atoms with E-state index in [2.05, 4.69) is 5.10 Å². The Morgan fingerprint density at radius 1 is 0.923 bits per heavy atom. The molecule has 0 unspecified atom stereocenters. The van der Waals surface area contributed by atoms with Gasteiger partial charge in [-0.3, -0.25) is 0 Å². The smallest absolute Gasteiger partial charge is 0.340 e. The quantitative estimate of drug-likeness (QED) is 0.538. The normalized spacial score (nSPS) is 10.6. The van der Waals surface area contributed by atoms with Crippen LogP contribution in [0.15, 0.2) is 90.0 Å². The van der Waals surface area contributed by atoms with Gasteiger partial charge in [0.1, 0.15) is 12.4 Å². The van der Waals surface area contributed by atoms with Crippen LogP contribution < -0.4 is 15.5 Å². The molecule has 26 heavy (non-hydrogen) atoms. The van der Waals surface area contributed by atoms with E-state index < -0.39 is 6.03 Å². The molecular formula is C21H19N3O2. The van der Waals surface area contributed by atoms with Crippen molar-refractivity contribution in [2.45, 2.75) is 6.61 Å². The van der Waals surface area contributed by atoms with Crippen molar-refractivity contribution in [3.8, 4) is 5.75 Å². The second-order valence-corrected chi connectivity index (χ2v) is 5.54. The van der Waals surface area contributed by atoms with Gasteiger partial charge >= 0.3 is 6.03 Å². The van der Waals surface area contributed by atoms with E-state index >= 15 is 0 Å². The van der Waals surface area contributed by atoms with Gasteiger partial charge in [-0.15, -0.1) is 0 Å². The number of hydrogen-bond donors (Lipinski definition) is 1. The van der Waals surface area contributed by atoms with Gasteiger partial charge in [0.05, 0.1) is 11.9 Å². The van der Waals surface area contributed by atoms with Gasteiger partial charge in [-0.2, -0.15) is 10.1 Å². The fourth-order valence-electron chi connectivity index (χ4n) is 2.39. The molecule has 5 nitrogen and oxygen atoms in total. The lowest BCUT2D eigenvalue weighted by Crippen LogP contribution is -2.31. The van der Waals surface area contributed by atoms with Gasteiger partial charge < -0.3 is 10.5 Å². The summed E-state index contributed by atoms with van der Waals surface area (Å²) < 4.78 is 5.90. The van der Waals surface area contributed by atoms with Crippen LogP contribution in [0.25, 0.3) is 0 Å². The Morgan fingerprint density at radius 2 is 1.54 bits per heavy atom. The molecule has 130 valence electrons. The summed E-state index contributed by atoms with van der Waals surface area (Å²) in [6, 6.07) is 25.8. The van der Waals surface area contributed by atoms with Crippen molar-refractivity contribution in [2.24, 2.45) is 10.8 Å². The van der Waals surface area contributed by atoms with Crippen molar-refractivity contribution in [3.63, 3.8) is 0 Å². The van der Waals surface area contributed by atoms with Crippen LogP contribution in [0.2, 0.25) is 0 Å². The lowest BCUT2D eigenvalue weighted by atomic mass is 10.2. The summed E-state index contributed by atoms with van der Waals surface area (Å²) in [7, 11) is 0. The van der Waals surface area contributed by atoms with E-state index in [0.29, 0.717) is 18.0 Å². The second-order valence-electron chi connectivity index (χ2n) is 5.54. The third-order valence-electron chi connectivity index (χ3n) is 3.68. The van der Waals surface area contributed by atoms with Gasteiger partial charge in [0.2, 0.25) is 0 Å². The third-order valence-corrected chi connectivity index (χ3v) is 3.68. The number of para-hydroxylation sites is 2. The van der Waals surface area contributed by atoms with Crippen LogP contribution in [0, 0.1) is 0 Å². The van der Waals surface area contributed by atoms with Gasteiger partial charge in [-0.1, -0.05) is 60.7 Å². The summed E-state index contributed by atoms with van der Waals surface area (Å²) in [5.74, 6) is 0.678. The average Bonchev–Trinajstić information content (AvgIpc) is 2.69. The first-order chi connectivity index (χ1) is 12.7. The van der Waals surface area contributed by atoms with Gasteiger partial charge in [-0.05, 0) is 29.8 Å². The van der Waals surface area contributed by atoms with Crippen LogP contribution in [0.3, 0.4) is 0 Å². The maximum atomic E-state index is 11.7. The fraction of sp³-hybridized carbons (Fsp3) is 0.0476. The lowest BCUT2D eigenvalue weighted by Gasteiger charge is -2.14. The molecule has 3 aromatic carbocycles. The average molecular weight is 345 g/mol. The summed E-state index contributed by atoms with van der Waals surface area (Å²) >= 11 is 0. The van der Waals surface area contributed by atoms with Gasteiger partial charge in [0.25, 0.3) is 0 Å². The number of hydrazone groups is 1. The molecule has 0 aliphatic rings. The summed E-state index contributed by atoms with van der Waals surface area (Å²) in [6.07, 6.45) is 1.57. The number of carbonyl (C=O) groups excluding carboxylic acids is 1. The number of primary amides is 1. The number of carbonyl (C=O) groups is 1. The van der Waals surface area contributed by atoms with Crippen LogP contribution in [-0.4, -0.2) is 12.2 Å². The van der Waals surface area contributed by atoms with E-state index in [1.54, 1.807) is 18.3 Å². The minimum Gasteiger partial charge on any atom is -0.488 e. The topological polar surface area (TPSA) is 67.9 Å². The SMILES string of the molecule is NC(=O)N(N=Cc1ccccc1OCc1ccccc1)c1ccccc1. The van der Waals surface area contributed by atoms with Crippen LogP contribution in [0.5, 0.6) is 5.75 Å². The third kappa shape index (κ3) is 4.48. The van der Waals surface area contributed by atoms with E-state index in [9.17, 15) is 4.79 Å². The van der Waals surface area contributed by atoms with E-state index in [-0.39, 0.29) is 0 Å². The number of nitrogens with zero attached hydrogens (tertiary/aromatic N) is 2. The molecule has 0 aliphatic carbocycles. The summed E-state index contributed by atoms with van der Waals surface area (Å²) in [5.41, 5.74) is 7.87. The summed E-state index contributed by atoms with van der Waals surface area (Å²) in [6.45, 7) is 0.448. The van der Waals surface area contributed by atoms with Gasteiger partial charge in [0, 0.05) is 5.56 Å². The number of urea groups is 1. The molecule has 0 aliphatic heterocycles. The first kappa shape index (κ1) is 17.2. The Balaban J connectivity index is 1.78. The number of anilines is 1. The molecule has 0 bridgehead atoms. The van der Waals surface area contributed by atoms with Crippen LogP contribution in [-0.2, 0) is 6.61 Å². The van der Waals surface area contributed by atoms with E-state index in [1.165, 1.54) is 0 Å². The maximum Gasteiger partial charge on any atom is 0.340 e. The van der Waals surface area contributed by atoms with Gasteiger partial charge in [0.15, 0.2) is 0 Å². The zero-order valence-corrected chi connectivity index (χ0v) is 14.2. The van der Waals surface area contributed by atoms with Crippen molar-refractivity contribution in [1.29, 1.82) is 0 Å². The highest BCUT2D eigenvalue weighted by Crippen LogP contribution is 2.19.